The van der Waals surface area contributed by atoms with E-state index in [9.17, 15) is 4.79 Å². The first-order valence-corrected chi connectivity index (χ1v) is 11.6. The number of aryl methyl sites for hydroxylation is 2. The number of fused-ring (bicyclic) bond motifs is 2. The third-order valence-electron chi connectivity index (χ3n) is 5.48. The molecule has 5 nitrogen and oxygen atoms in total. The number of ether oxygens (including phenoxy) is 1. The number of amides is 1. The van der Waals surface area contributed by atoms with Crippen molar-refractivity contribution in [3.05, 3.63) is 64.7 Å². The maximum atomic E-state index is 12.6. The Morgan fingerprint density at radius 1 is 1.03 bits per heavy atom. The van der Waals surface area contributed by atoms with Gasteiger partial charge in [0.1, 0.15) is 10.8 Å². The van der Waals surface area contributed by atoms with Gasteiger partial charge in [-0.1, -0.05) is 59.3 Å². The number of hydrogen-bond acceptors (Lipinski definition) is 5. The summed E-state index contributed by atoms with van der Waals surface area (Å²) in [6, 6.07) is 14.3. The molecular formula is C25H27N3O2S. The molecule has 1 aromatic heterocycles. The van der Waals surface area contributed by atoms with E-state index in [-0.39, 0.29) is 5.91 Å². The minimum Gasteiger partial charge on any atom is -0.438 e. The first-order chi connectivity index (χ1) is 15.0. The lowest BCUT2D eigenvalue weighted by atomic mass is 10.0. The Bertz CT molecular complexity index is 1110. The van der Waals surface area contributed by atoms with Gasteiger partial charge in [-0.05, 0) is 39.3 Å². The Morgan fingerprint density at radius 2 is 1.74 bits per heavy atom. The first-order valence-electron chi connectivity index (χ1n) is 10.6. The number of thioether (sulfide) groups is 1. The molecule has 0 saturated carbocycles. The van der Waals surface area contributed by atoms with Crippen molar-refractivity contribution in [3.63, 3.8) is 0 Å². The Kier molecular flexibility index (Phi) is 6.28. The Labute approximate surface area is 187 Å². The van der Waals surface area contributed by atoms with Crippen LogP contribution in [0.2, 0.25) is 0 Å². The van der Waals surface area contributed by atoms with Crippen molar-refractivity contribution in [3.8, 4) is 23.0 Å². The van der Waals surface area contributed by atoms with Crippen molar-refractivity contribution in [2.75, 3.05) is 18.8 Å². The summed E-state index contributed by atoms with van der Waals surface area (Å²) in [6.07, 6.45) is 0.697. The quantitative estimate of drug-likeness (QED) is 0.300. The maximum absolute atomic E-state index is 12.6. The summed E-state index contributed by atoms with van der Waals surface area (Å²) in [5.41, 5.74) is 5.38. The molecule has 1 amide bonds. The smallest absolute Gasteiger partial charge is 0.232 e. The average molecular weight is 434 g/mol. The van der Waals surface area contributed by atoms with Crippen LogP contribution in [-0.2, 0) is 11.2 Å². The number of carbonyl (C=O) groups is 1. The molecule has 160 valence electrons. The zero-order valence-electron chi connectivity index (χ0n) is 18.4. The molecule has 3 aromatic rings. The van der Waals surface area contributed by atoms with E-state index in [1.165, 1.54) is 22.9 Å². The molecule has 0 saturated heterocycles. The Balaban J connectivity index is 1.72. The zero-order chi connectivity index (χ0) is 22.0. The second-order valence-corrected chi connectivity index (χ2v) is 8.71. The van der Waals surface area contributed by atoms with E-state index in [2.05, 4.69) is 19.9 Å². The van der Waals surface area contributed by atoms with E-state index >= 15 is 0 Å². The van der Waals surface area contributed by atoms with Gasteiger partial charge in [0.25, 0.3) is 0 Å². The first kappa shape index (κ1) is 21.4. The van der Waals surface area contributed by atoms with Crippen LogP contribution in [-0.4, -0.2) is 39.6 Å². The van der Waals surface area contributed by atoms with E-state index in [1.54, 1.807) is 0 Å². The summed E-state index contributed by atoms with van der Waals surface area (Å²) in [7, 11) is 0. The second kappa shape index (κ2) is 9.10. The molecular weight excluding hydrogens is 406 g/mol. The van der Waals surface area contributed by atoms with Crippen LogP contribution in [0.25, 0.3) is 11.4 Å². The zero-order valence-corrected chi connectivity index (χ0v) is 19.3. The van der Waals surface area contributed by atoms with Gasteiger partial charge in [0.15, 0.2) is 5.82 Å². The van der Waals surface area contributed by atoms with Gasteiger partial charge >= 0.3 is 0 Å². The molecule has 4 rings (SSSR count). The van der Waals surface area contributed by atoms with Crippen molar-refractivity contribution in [1.82, 2.24) is 14.9 Å². The summed E-state index contributed by atoms with van der Waals surface area (Å²) in [5.74, 6) is 2.50. The fourth-order valence-electron chi connectivity index (χ4n) is 3.67. The summed E-state index contributed by atoms with van der Waals surface area (Å²) in [5, 5.41) is 0.813. The van der Waals surface area contributed by atoms with E-state index in [0.29, 0.717) is 37.0 Å². The molecule has 0 atom stereocenters. The molecule has 1 aliphatic heterocycles. The highest BCUT2D eigenvalue weighted by Gasteiger charge is 2.25. The number of hydrogen-bond donors (Lipinski definition) is 0. The van der Waals surface area contributed by atoms with Gasteiger partial charge in [-0.3, -0.25) is 4.79 Å². The van der Waals surface area contributed by atoms with Gasteiger partial charge in [0.05, 0.1) is 11.3 Å². The summed E-state index contributed by atoms with van der Waals surface area (Å²) >= 11 is 1.47. The highest BCUT2D eigenvalue weighted by Crippen LogP contribution is 2.40. The number of aromatic nitrogens is 2. The molecule has 0 radical (unpaired) electrons. The van der Waals surface area contributed by atoms with Crippen LogP contribution in [0.3, 0.4) is 0 Å². The fourth-order valence-corrected chi connectivity index (χ4v) is 4.60. The predicted octanol–water partition coefficient (Wildman–Crippen LogP) is 5.42. The van der Waals surface area contributed by atoms with Gasteiger partial charge in [-0.15, -0.1) is 0 Å². The molecule has 6 heteroatoms. The van der Waals surface area contributed by atoms with Gasteiger partial charge < -0.3 is 9.64 Å². The van der Waals surface area contributed by atoms with Gasteiger partial charge in [0.2, 0.25) is 11.8 Å². The molecule has 31 heavy (non-hydrogen) atoms. The van der Waals surface area contributed by atoms with E-state index in [1.807, 2.05) is 55.1 Å². The molecule has 1 aliphatic rings. The molecule has 0 unspecified atom stereocenters. The van der Waals surface area contributed by atoms with E-state index in [0.717, 1.165) is 27.5 Å². The largest absolute Gasteiger partial charge is 0.438 e. The average Bonchev–Trinajstić information content (AvgIpc) is 2.77. The molecule has 0 aliphatic carbocycles. The minimum absolute atomic E-state index is 0.118. The normalized spacial score (nSPS) is 12.0. The van der Waals surface area contributed by atoms with E-state index in [4.69, 9.17) is 14.7 Å². The van der Waals surface area contributed by atoms with Crippen LogP contribution in [0.4, 0.5) is 0 Å². The van der Waals surface area contributed by atoms with Crippen LogP contribution in [0.15, 0.2) is 47.5 Å². The molecule has 0 N–H and O–H groups in total. The van der Waals surface area contributed by atoms with Gasteiger partial charge in [0, 0.05) is 25.1 Å². The molecule has 0 fully saturated rings. The SMILES string of the molecule is CCN(CC)C(=O)CSc1nc(-c2ccc(C)cc2)nc2c1Cc1cc(C)ccc1O2. The third-order valence-corrected chi connectivity index (χ3v) is 6.48. The van der Waals surface area contributed by atoms with Crippen molar-refractivity contribution in [1.29, 1.82) is 0 Å². The summed E-state index contributed by atoms with van der Waals surface area (Å²) in [4.78, 5) is 24.1. The number of rotatable bonds is 6. The van der Waals surface area contributed by atoms with E-state index < -0.39 is 0 Å². The lowest BCUT2D eigenvalue weighted by molar-refractivity contribution is -0.127. The Hall–Kier alpha value is -2.86. The topological polar surface area (TPSA) is 55.3 Å². The molecule has 2 aromatic carbocycles. The highest BCUT2D eigenvalue weighted by atomic mass is 32.2. The standard InChI is InChI=1S/C25H27N3O2S/c1-5-28(6-2)22(29)15-31-25-20-14-19-13-17(4)9-12-21(19)30-24(20)26-23(27-25)18-10-7-16(3)8-11-18/h7-13H,5-6,14-15H2,1-4H3. The van der Waals surface area contributed by atoms with Crippen molar-refractivity contribution in [2.45, 2.75) is 39.1 Å². The Morgan fingerprint density at radius 3 is 2.45 bits per heavy atom. The highest BCUT2D eigenvalue weighted by molar-refractivity contribution is 7.99. The number of carbonyl (C=O) groups excluding carboxylic acids is 1. The monoisotopic (exact) mass is 433 g/mol. The van der Waals surface area contributed by atoms with Gasteiger partial charge in [-0.2, -0.15) is 4.98 Å². The minimum atomic E-state index is 0.118. The number of benzene rings is 2. The van der Waals surface area contributed by atoms with Crippen molar-refractivity contribution in [2.24, 2.45) is 0 Å². The van der Waals surface area contributed by atoms with Crippen LogP contribution in [0.5, 0.6) is 11.6 Å². The number of nitrogens with zero attached hydrogens (tertiary/aromatic N) is 3. The second-order valence-electron chi connectivity index (χ2n) is 7.75. The molecule has 0 spiro atoms. The van der Waals surface area contributed by atoms with Gasteiger partial charge in [-0.25, -0.2) is 4.98 Å². The van der Waals surface area contributed by atoms with Crippen LogP contribution < -0.4 is 4.74 Å². The lowest BCUT2D eigenvalue weighted by Crippen LogP contribution is -2.31. The van der Waals surface area contributed by atoms with Crippen LogP contribution >= 0.6 is 11.8 Å². The van der Waals surface area contributed by atoms with Crippen LogP contribution in [0.1, 0.15) is 36.1 Å². The fraction of sp³-hybridized carbons (Fsp3) is 0.320. The lowest BCUT2D eigenvalue weighted by Gasteiger charge is -2.23. The maximum Gasteiger partial charge on any atom is 0.232 e. The summed E-state index contributed by atoms with van der Waals surface area (Å²) in [6.45, 7) is 9.55. The third kappa shape index (κ3) is 4.59. The summed E-state index contributed by atoms with van der Waals surface area (Å²) < 4.78 is 6.20. The van der Waals surface area contributed by atoms with Crippen molar-refractivity contribution >= 4 is 17.7 Å². The van der Waals surface area contributed by atoms with Crippen LogP contribution in [0, 0.1) is 13.8 Å². The predicted molar refractivity (Wildman–Crippen MR) is 125 cm³/mol. The molecule has 0 bridgehead atoms. The van der Waals surface area contributed by atoms with Crippen molar-refractivity contribution < 1.29 is 9.53 Å². The molecule has 2 heterocycles.